The van der Waals surface area contributed by atoms with Crippen LogP contribution in [-0.2, 0) is 19.6 Å². The number of carbonyl (C=O) groups excluding carboxylic acids is 1. The summed E-state index contributed by atoms with van der Waals surface area (Å²) in [6, 6.07) is -1.53. The Labute approximate surface area is 113 Å². The van der Waals surface area contributed by atoms with E-state index in [0.29, 0.717) is 0 Å². The summed E-state index contributed by atoms with van der Waals surface area (Å²) in [5, 5.41) is 11.1. The lowest BCUT2D eigenvalue weighted by molar-refractivity contribution is -0.137. The molecule has 0 rings (SSSR count). The maximum Gasteiger partial charge on any atom is 0.305 e. The van der Waals surface area contributed by atoms with E-state index in [4.69, 9.17) is 5.11 Å². The number of carboxylic acids is 1. The molecule has 7 nitrogen and oxygen atoms in total. The maximum atomic E-state index is 12.0. The molecule has 19 heavy (non-hydrogen) atoms. The largest absolute Gasteiger partial charge is 0.481 e. The number of hydrogen-bond acceptors (Lipinski definition) is 4. The smallest absolute Gasteiger partial charge is 0.305 e. The monoisotopic (exact) mass is 294 g/mol. The van der Waals surface area contributed by atoms with Gasteiger partial charge in [-0.15, -0.1) is 0 Å². The number of carbonyl (C=O) groups is 2. The zero-order chi connectivity index (χ0) is 15.4. The van der Waals surface area contributed by atoms with E-state index in [1.54, 1.807) is 27.7 Å². The number of amides is 1. The third kappa shape index (κ3) is 7.78. The molecular weight excluding hydrogens is 272 g/mol. The van der Waals surface area contributed by atoms with Crippen LogP contribution in [0.5, 0.6) is 0 Å². The predicted molar refractivity (Wildman–Crippen MR) is 71.1 cm³/mol. The second kappa shape index (κ2) is 6.33. The molecule has 0 aromatic carbocycles. The molecule has 0 aliphatic carbocycles. The first-order valence-electron chi connectivity index (χ1n) is 5.82. The number of carboxylic acid groups (broad SMARTS) is 1. The molecule has 0 aliphatic rings. The summed E-state index contributed by atoms with van der Waals surface area (Å²) in [5.41, 5.74) is -0.629. The van der Waals surface area contributed by atoms with Crippen LogP contribution in [0.15, 0.2) is 0 Å². The average Bonchev–Trinajstić information content (AvgIpc) is 2.08. The van der Waals surface area contributed by atoms with Gasteiger partial charge in [0.25, 0.3) is 0 Å². The van der Waals surface area contributed by atoms with Crippen LogP contribution in [0.2, 0.25) is 0 Å². The highest BCUT2D eigenvalue weighted by Crippen LogP contribution is 2.20. The fraction of sp³-hybridized carbons (Fsp3) is 0.818. The van der Waals surface area contributed by atoms with Gasteiger partial charge in [-0.25, -0.2) is 13.1 Å². The Hall–Kier alpha value is -1.15. The summed E-state index contributed by atoms with van der Waals surface area (Å²) in [6.45, 7) is 6.71. The Bertz CT molecular complexity index is 438. The normalized spacial score (nSPS) is 15.6. The van der Waals surface area contributed by atoms with Crippen molar-refractivity contribution in [2.75, 3.05) is 6.26 Å². The Kier molecular flexibility index (Phi) is 5.95. The Morgan fingerprint density at radius 2 is 1.74 bits per heavy atom. The van der Waals surface area contributed by atoms with Gasteiger partial charge in [-0.2, -0.15) is 0 Å². The van der Waals surface area contributed by atoms with Crippen LogP contribution >= 0.6 is 0 Å². The molecule has 0 aliphatic heterocycles. The first-order valence-corrected chi connectivity index (χ1v) is 7.71. The number of sulfonamides is 1. The first-order chi connectivity index (χ1) is 8.33. The van der Waals surface area contributed by atoms with Crippen molar-refractivity contribution in [3.05, 3.63) is 0 Å². The minimum atomic E-state index is -3.54. The van der Waals surface area contributed by atoms with Gasteiger partial charge in [0.05, 0.1) is 12.7 Å². The van der Waals surface area contributed by atoms with Crippen molar-refractivity contribution < 1.29 is 23.1 Å². The summed E-state index contributed by atoms with van der Waals surface area (Å²) in [7, 11) is -3.54. The lowest BCUT2D eigenvalue weighted by atomic mass is 9.87. The molecule has 0 spiro atoms. The van der Waals surface area contributed by atoms with E-state index < -0.39 is 39.4 Å². The number of aliphatic carboxylic acids is 1. The van der Waals surface area contributed by atoms with E-state index in [0.717, 1.165) is 6.26 Å². The van der Waals surface area contributed by atoms with Crippen molar-refractivity contribution >= 4 is 21.9 Å². The van der Waals surface area contributed by atoms with Crippen molar-refractivity contribution in [3.8, 4) is 0 Å². The van der Waals surface area contributed by atoms with E-state index in [9.17, 15) is 18.0 Å². The predicted octanol–water partition coefficient (Wildman–Crippen LogP) is -0.0703. The second-order valence-corrected chi connectivity index (χ2v) is 7.48. The Morgan fingerprint density at radius 1 is 1.26 bits per heavy atom. The van der Waals surface area contributed by atoms with Gasteiger partial charge in [-0.3, -0.25) is 9.59 Å². The number of nitrogens with one attached hydrogen (secondary N) is 2. The van der Waals surface area contributed by atoms with Gasteiger partial charge in [0.15, 0.2) is 0 Å². The molecule has 0 saturated carbocycles. The van der Waals surface area contributed by atoms with E-state index >= 15 is 0 Å². The van der Waals surface area contributed by atoms with Crippen LogP contribution in [-0.4, -0.2) is 43.7 Å². The van der Waals surface area contributed by atoms with E-state index in [1.165, 1.54) is 0 Å². The van der Waals surface area contributed by atoms with Crippen LogP contribution in [0.1, 0.15) is 34.1 Å². The van der Waals surface area contributed by atoms with Gasteiger partial charge in [-0.05, 0) is 12.3 Å². The molecule has 2 atom stereocenters. The Morgan fingerprint density at radius 3 is 2.05 bits per heavy atom. The topological polar surface area (TPSA) is 113 Å². The van der Waals surface area contributed by atoms with Gasteiger partial charge < -0.3 is 10.4 Å². The summed E-state index contributed by atoms with van der Waals surface area (Å²) in [6.07, 6.45) is 0.751. The molecule has 0 radical (unpaired) electrons. The van der Waals surface area contributed by atoms with Gasteiger partial charge in [0, 0.05) is 6.04 Å². The van der Waals surface area contributed by atoms with Crippen molar-refractivity contribution in [2.45, 2.75) is 46.2 Å². The summed E-state index contributed by atoms with van der Waals surface area (Å²) < 4.78 is 24.8. The van der Waals surface area contributed by atoms with Crippen molar-refractivity contribution in [1.82, 2.24) is 10.0 Å². The molecule has 1 amide bonds. The minimum absolute atomic E-state index is 0.221. The van der Waals surface area contributed by atoms with Crippen LogP contribution in [0.4, 0.5) is 0 Å². The van der Waals surface area contributed by atoms with Crippen LogP contribution in [0, 0.1) is 5.41 Å². The quantitative estimate of drug-likeness (QED) is 0.634. The second-order valence-electron chi connectivity index (χ2n) is 5.70. The lowest BCUT2D eigenvalue weighted by Crippen LogP contribution is -2.54. The molecule has 0 saturated heterocycles. The molecule has 0 bridgehead atoms. The third-order valence-corrected chi connectivity index (χ3v) is 2.99. The van der Waals surface area contributed by atoms with Crippen LogP contribution in [0.25, 0.3) is 0 Å². The summed E-state index contributed by atoms with van der Waals surface area (Å²) in [4.78, 5) is 22.6. The summed E-state index contributed by atoms with van der Waals surface area (Å²) >= 11 is 0. The van der Waals surface area contributed by atoms with E-state index in [2.05, 4.69) is 10.0 Å². The standard InChI is InChI=1S/C11H22N2O5S/c1-7(6-8(14)15)12-10(16)9(11(2,3)4)13-19(5,17)18/h7,9,13H,6H2,1-5H3,(H,12,16)(H,14,15). The fourth-order valence-electron chi connectivity index (χ4n) is 1.48. The molecule has 3 N–H and O–H groups in total. The maximum absolute atomic E-state index is 12.0. The van der Waals surface area contributed by atoms with E-state index in [-0.39, 0.29) is 6.42 Å². The SMILES string of the molecule is CC(CC(=O)O)NC(=O)C(NS(C)(=O)=O)C(C)(C)C. The molecule has 8 heteroatoms. The van der Waals surface area contributed by atoms with Crippen LogP contribution in [0.3, 0.4) is 0 Å². The molecule has 0 fully saturated rings. The fourth-order valence-corrected chi connectivity index (χ4v) is 2.37. The molecule has 0 aromatic rings. The lowest BCUT2D eigenvalue weighted by Gasteiger charge is -2.30. The molecular formula is C11H22N2O5S. The molecule has 2 unspecified atom stereocenters. The molecule has 0 aromatic heterocycles. The first kappa shape index (κ1) is 17.8. The van der Waals surface area contributed by atoms with Crippen LogP contribution < -0.4 is 10.0 Å². The molecule has 0 heterocycles. The van der Waals surface area contributed by atoms with Gasteiger partial charge in [0.2, 0.25) is 15.9 Å². The van der Waals surface area contributed by atoms with Crippen molar-refractivity contribution in [3.63, 3.8) is 0 Å². The highest BCUT2D eigenvalue weighted by Gasteiger charge is 2.34. The number of rotatable bonds is 6. The number of hydrogen-bond donors (Lipinski definition) is 3. The van der Waals surface area contributed by atoms with Crippen molar-refractivity contribution in [2.24, 2.45) is 5.41 Å². The summed E-state index contributed by atoms with van der Waals surface area (Å²) in [5.74, 6) is -1.57. The van der Waals surface area contributed by atoms with E-state index in [1.807, 2.05) is 0 Å². The van der Waals surface area contributed by atoms with Gasteiger partial charge in [-0.1, -0.05) is 20.8 Å². The average molecular weight is 294 g/mol. The van der Waals surface area contributed by atoms with Crippen molar-refractivity contribution in [1.29, 1.82) is 0 Å². The Balaban J connectivity index is 4.89. The highest BCUT2D eigenvalue weighted by molar-refractivity contribution is 7.88. The highest BCUT2D eigenvalue weighted by atomic mass is 32.2. The molecule has 112 valence electrons. The van der Waals surface area contributed by atoms with Gasteiger partial charge in [0.1, 0.15) is 6.04 Å². The van der Waals surface area contributed by atoms with Gasteiger partial charge >= 0.3 is 5.97 Å². The zero-order valence-electron chi connectivity index (χ0n) is 11.9. The third-order valence-electron chi connectivity index (χ3n) is 2.33. The minimum Gasteiger partial charge on any atom is -0.481 e. The zero-order valence-corrected chi connectivity index (χ0v) is 12.7.